The number of rotatable bonds is 2. The summed E-state index contributed by atoms with van der Waals surface area (Å²) in [5.74, 6) is 1.06. The third-order valence-corrected chi connectivity index (χ3v) is 5.28. The van der Waals surface area contributed by atoms with Crippen LogP contribution >= 0.6 is 11.8 Å². The standard InChI is InChI=1S/C15H16N2O3.C4H6S/c16-14(18)12-7-11-2-1-10(8-13(11)17-15(12)19)9-3-5-20-6-4-9;1-2-4-5-3-1/h1-2,7-9H,3-6H2,(H2,16,18)(H,17,19);1,3H,2,4H2. The quantitative estimate of drug-likeness (QED) is 0.863. The summed E-state index contributed by atoms with van der Waals surface area (Å²) >= 11 is 1.89. The van der Waals surface area contributed by atoms with Crippen LogP contribution < -0.4 is 11.3 Å². The Morgan fingerprint density at radius 3 is 2.64 bits per heavy atom. The maximum atomic E-state index is 11.8. The smallest absolute Gasteiger partial charge is 0.261 e. The molecular formula is C19H22N2O3S. The molecule has 0 radical (unpaired) electrons. The Labute approximate surface area is 150 Å². The van der Waals surface area contributed by atoms with Crippen LogP contribution in [-0.4, -0.2) is 29.9 Å². The molecule has 2 aliphatic heterocycles. The summed E-state index contributed by atoms with van der Waals surface area (Å²) in [4.78, 5) is 25.7. The van der Waals surface area contributed by atoms with Crippen LogP contribution in [0.5, 0.6) is 0 Å². The molecule has 5 nitrogen and oxygen atoms in total. The molecule has 0 atom stereocenters. The molecule has 0 aliphatic carbocycles. The third kappa shape index (κ3) is 4.52. The van der Waals surface area contributed by atoms with E-state index in [0.29, 0.717) is 5.92 Å². The van der Waals surface area contributed by atoms with Gasteiger partial charge in [-0.05, 0) is 53.7 Å². The van der Waals surface area contributed by atoms with Crippen molar-refractivity contribution in [3.8, 4) is 0 Å². The number of H-pyrrole nitrogens is 1. The number of nitrogens with two attached hydrogens (primary N) is 1. The summed E-state index contributed by atoms with van der Waals surface area (Å²) in [6.45, 7) is 1.56. The van der Waals surface area contributed by atoms with Crippen molar-refractivity contribution in [1.82, 2.24) is 4.98 Å². The molecule has 6 heteroatoms. The van der Waals surface area contributed by atoms with E-state index in [-0.39, 0.29) is 5.56 Å². The second kappa shape index (κ2) is 8.36. The monoisotopic (exact) mass is 358 g/mol. The second-order valence-electron chi connectivity index (χ2n) is 6.14. The number of pyridine rings is 1. The molecule has 2 aromatic rings. The first kappa shape index (κ1) is 17.8. The number of hydrogen-bond acceptors (Lipinski definition) is 4. The molecule has 0 bridgehead atoms. The highest BCUT2D eigenvalue weighted by Crippen LogP contribution is 2.28. The Morgan fingerprint density at radius 1 is 1.24 bits per heavy atom. The van der Waals surface area contributed by atoms with Gasteiger partial charge >= 0.3 is 0 Å². The normalized spacial score (nSPS) is 17.3. The number of amides is 1. The maximum Gasteiger partial charge on any atom is 0.261 e. The third-order valence-electron chi connectivity index (χ3n) is 4.42. The molecule has 25 heavy (non-hydrogen) atoms. The van der Waals surface area contributed by atoms with Crippen LogP contribution in [0, 0.1) is 0 Å². The van der Waals surface area contributed by atoms with E-state index in [1.165, 1.54) is 17.7 Å². The van der Waals surface area contributed by atoms with Gasteiger partial charge in [-0.1, -0.05) is 18.2 Å². The molecule has 0 spiro atoms. The molecule has 2 aliphatic rings. The number of benzene rings is 1. The number of carbonyl (C=O) groups is 1. The van der Waals surface area contributed by atoms with E-state index in [1.807, 2.05) is 30.0 Å². The van der Waals surface area contributed by atoms with Gasteiger partial charge in [0, 0.05) is 24.5 Å². The van der Waals surface area contributed by atoms with E-state index in [1.54, 1.807) is 6.07 Å². The van der Waals surface area contributed by atoms with Crippen molar-refractivity contribution in [1.29, 1.82) is 0 Å². The lowest BCUT2D eigenvalue weighted by Crippen LogP contribution is -2.23. The summed E-state index contributed by atoms with van der Waals surface area (Å²) in [6, 6.07) is 7.49. The van der Waals surface area contributed by atoms with Crippen LogP contribution in [0.3, 0.4) is 0 Å². The Morgan fingerprint density at radius 2 is 2.04 bits per heavy atom. The Bertz CT molecular complexity index is 832. The zero-order valence-electron chi connectivity index (χ0n) is 14.0. The fraction of sp³-hybridized carbons (Fsp3) is 0.368. The Balaban J connectivity index is 0.000000314. The van der Waals surface area contributed by atoms with Crippen LogP contribution in [-0.2, 0) is 4.74 Å². The zero-order valence-corrected chi connectivity index (χ0v) is 14.8. The van der Waals surface area contributed by atoms with Gasteiger partial charge in [0.25, 0.3) is 11.5 Å². The van der Waals surface area contributed by atoms with E-state index in [9.17, 15) is 9.59 Å². The number of aromatic nitrogens is 1. The number of ether oxygens (including phenoxy) is 1. The molecule has 1 fully saturated rings. The first-order valence-electron chi connectivity index (χ1n) is 8.46. The van der Waals surface area contributed by atoms with Gasteiger partial charge in [0.2, 0.25) is 0 Å². The van der Waals surface area contributed by atoms with Gasteiger partial charge in [0.15, 0.2) is 0 Å². The van der Waals surface area contributed by atoms with E-state index >= 15 is 0 Å². The molecular weight excluding hydrogens is 336 g/mol. The van der Waals surface area contributed by atoms with Crippen molar-refractivity contribution in [2.75, 3.05) is 19.0 Å². The highest BCUT2D eigenvalue weighted by molar-refractivity contribution is 8.02. The van der Waals surface area contributed by atoms with Crippen molar-refractivity contribution < 1.29 is 9.53 Å². The summed E-state index contributed by atoms with van der Waals surface area (Å²) in [5.41, 5.74) is 6.68. The zero-order chi connectivity index (χ0) is 17.6. The van der Waals surface area contributed by atoms with E-state index in [0.717, 1.165) is 37.0 Å². The van der Waals surface area contributed by atoms with E-state index in [4.69, 9.17) is 10.5 Å². The predicted molar refractivity (Wildman–Crippen MR) is 102 cm³/mol. The van der Waals surface area contributed by atoms with Crippen molar-refractivity contribution in [2.24, 2.45) is 5.73 Å². The molecule has 3 heterocycles. The van der Waals surface area contributed by atoms with E-state index in [2.05, 4.69) is 16.5 Å². The van der Waals surface area contributed by atoms with Gasteiger partial charge < -0.3 is 15.5 Å². The molecule has 4 rings (SSSR count). The van der Waals surface area contributed by atoms with Gasteiger partial charge in [-0.25, -0.2) is 0 Å². The Hall–Kier alpha value is -2.05. The van der Waals surface area contributed by atoms with Gasteiger partial charge in [0.05, 0.1) is 0 Å². The van der Waals surface area contributed by atoms with Crippen LogP contribution in [0.4, 0.5) is 0 Å². The van der Waals surface area contributed by atoms with Crippen LogP contribution in [0.15, 0.2) is 40.5 Å². The highest BCUT2D eigenvalue weighted by Gasteiger charge is 2.16. The molecule has 1 amide bonds. The van der Waals surface area contributed by atoms with Gasteiger partial charge in [-0.3, -0.25) is 9.59 Å². The maximum absolute atomic E-state index is 11.8. The molecule has 1 saturated heterocycles. The number of allylic oxidation sites excluding steroid dienone is 1. The van der Waals surface area contributed by atoms with Crippen molar-refractivity contribution in [3.63, 3.8) is 0 Å². The van der Waals surface area contributed by atoms with Crippen molar-refractivity contribution in [3.05, 3.63) is 57.2 Å². The minimum absolute atomic E-state index is 0.00341. The first-order valence-corrected chi connectivity index (χ1v) is 9.51. The number of hydrogen-bond donors (Lipinski definition) is 2. The number of nitrogens with one attached hydrogen (secondary N) is 1. The molecule has 0 saturated carbocycles. The first-order chi connectivity index (χ1) is 12.1. The average Bonchev–Trinajstić information content (AvgIpc) is 3.21. The Kier molecular flexibility index (Phi) is 5.94. The lowest BCUT2D eigenvalue weighted by atomic mass is 9.91. The summed E-state index contributed by atoms with van der Waals surface area (Å²) in [5, 5.41) is 2.97. The van der Waals surface area contributed by atoms with E-state index < -0.39 is 11.5 Å². The second-order valence-corrected chi connectivity index (χ2v) is 7.15. The SMILES string of the molecule is C1=CSCC1.NC(=O)c1cc2ccc(C3CCOCC3)cc2[nH]c1=O. The summed E-state index contributed by atoms with van der Waals surface area (Å²) in [7, 11) is 0. The van der Waals surface area contributed by atoms with Gasteiger partial charge in [-0.2, -0.15) is 0 Å². The number of thioether (sulfide) groups is 1. The lowest BCUT2D eigenvalue weighted by molar-refractivity contribution is 0.0853. The molecule has 0 unspecified atom stereocenters. The topological polar surface area (TPSA) is 85.2 Å². The number of aromatic amines is 1. The molecule has 3 N–H and O–H groups in total. The number of carbonyl (C=O) groups excluding carboxylic acids is 1. The average molecular weight is 358 g/mol. The van der Waals surface area contributed by atoms with Crippen LogP contribution in [0.2, 0.25) is 0 Å². The van der Waals surface area contributed by atoms with Crippen molar-refractivity contribution >= 4 is 28.6 Å². The van der Waals surface area contributed by atoms with Crippen LogP contribution in [0.25, 0.3) is 10.9 Å². The fourth-order valence-electron chi connectivity index (χ4n) is 3.03. The number of primary amides is 1. The highest BCUT2D eigenvalue weighted by atomic mass is 32.2. The molecule has 1 aromatic heterocycles. The van der Waals surface area contributed by atoms with Crippen LogP contribution in [0.1, 0.15) is 41.1 Å². The molecule has 132 valence electrons. The summed E-state index contributed by atoms with van der Waals surface area (Å²) < 4.78 is 5.36. The van der Waals surface area contributed by atoms with Gasteiger partial charge in [-0.15, -0.1) is 11.8 Å². The number of fused-ring (bicyclic) bond motifs is 1. The fourth-order valence-corrected chi connectivity index (χ4v) is 3.71. The predicted octanol–water partition coefficient (Wildman–Crippen LogP) is 3.16. The van der Waals surface area contributed by atoms with Crippen molar-refractivity contribution in [2.45, 2.75) is 25.2 Å². The van der Waals surface area contributed by atoms with Gasteiger partial charge in [0.1, 0.15) is 5.56 Å². The largest absolute Gasteiger partial charge is 0.381 e. The molecule has 1 aromatic carbocycles. The summed E-state index contributed by atoms with van der Waals surface area (Å²) in [6.07, 6.45) is 5.47. The minimum atomic E-state index is -0.707. The lowest BCUT2D eigenvalue weighted by Gasteiger charge is -2.22. The minimum Gasteiger partial charge on any atom is -0.381 e.